The molecule has 1 heterocycles. The first kappa shape index (κ1) is 12.5. The maximum atomic E-state index is 9.31. The summed E-state index contributed by atoms with van der Waals surface area (Å²) in [5, 5.41) is 11.3. The summed E-state index contributed by atoms with van der Waals surface area (Å²) in [5.74, 6) is 0.740. The van der Waals surface area contributed by atoms with Crippen LogP contribution in [0.15, 0.2) is 27.5 Å². The lowest BCUT2D eigenvalue weighted by Gasteiger charge is -2.12. The van der Waals surface area contributed by atoms with Crippen molar-refractivity contribution in [2.75, 3.05) is 0 Å². The van der Waals surface area contributed by atoms with Gasteiger partial charge >= 0.3 is 0 Å². The van der Waals surface area contributed by atoms with E-state index in [9.17, 15) is 5.11 Å². The van der Waals surface area contributed by atoms with Gasteiger partial charge in [-0.1, -0.05) is 15.9 Å². The standard InChI is InChI=1S/C12H12BrNO2S/c1-8-2-10(13)3-9(4-15)12(8)16-5-11-6-17-7-14-11/h2-3,6-7,15H,4-5H2,1H3. The van der Waals surface area contributed by atoms with E-state index < -0.39 is 0 Å². The van der Waals surface area contributed by atoms with Crippen molar-refractivity contribution < 1.29 is 9.84 Å². The Bertz CT molecular complexity index is 499. The van der Waals surface area contributed by atoms with Gasteiger partial charge in [-0.05, 0) is 24.6 Å². The molecule has 0 saturated carbocycles. The van der Waals surface area contributed by atoms with Crippen molar-refractivity contribution in [1.82, 2.24) is 4.98 Å². The number of aliphatic hydroxyl groups is 1. The van der Waals surface area contributed by atoms with Crippen LogP contribution in [-0.4, -0.2) is 10.1 Å². The molecule has 90 valence electrons. The SMILES string of the molecule is Cc1cc(Br)cc(CO)c1OCc1cscn1. The number of thiazole rings is 1. The fraction of sp³-hybridized carbons (Fsp3) is 0.250. The van der Waals surface area contributed by atoms with E-state index >= 15 is 0 Å². The maximum Gasteiger partial charge on any atom is 0.131 e. The Kier molecular flexibility index (Phi) is 4.15. The highest BCUT2D eigenvalue weighted by Crippen LogP contribution is 2.28. The topological polar surface area (TPSA) is 42.4 Å². The van der Waals surface area contributed by atoms with Gasteiger partial charge in [0.15, 0.2) is 0 Å². The van der Waals surface area contributed by atoms with E-state index in [0.29, 0.717) is 6.61 Å². The summed E-state index contributed by atoms with van der Waals surface area (Å²) in [5.41, 5.74) is 4.46. The highest BCUT2D eigenvalue weighted by atomic mass is 79.9. The molecule has 1 N–H and O–H groups in total. The van der Waals surface area contributed by atoms with Crippen LogP contribution in [0.2, 0.25) is 0 Å². The molecule has 0 saturated heterocycles. The minimum atomic E-state index is -0.0350. The normalized spacial score (nSPS) is 10.5. The largest absolute Gasteiger partial charge is 0.487 e. The van der Waals surface area contributed by atoms with Gasteiger partial charge in [0.05, 0.1) is 17.8 Å². The molecular weight excluding hydrogens is 302 g/mol. The molecule has 2 rings (SSSR count). The minimum Gasteiger partial charge on any atom is -0.487 e. The number of rotatable bonds is 4. The van der Waals surface area contributed by atoms with Crippen LogP contribution in [0.4, 0.5) is 0 Å². The van der Waals surface area contributed by atoms with Crippen LogP contribution < -0.4 is 4.74 Å². The second kappa shape index (κ2) is 5.62. The molecule has 0 radical (unpaired) electrons. The zero-order valence-corrected chi connectivity index (χ0v) is 11.7. The Morgan fingerprint density at radius 2 is 2.29 bits per heavy atom. The van der Waals surface area contributed by atoms with Crippen LogP contribution >= 0.6 is 27.3 Å². The molecule has 0 fully saturated rings. The van der Waals surface area contributed by atoms with Gasteiger partial charge in [0, 0.05) is 15.4 Å². The summed E-state index contributed by atoms with van der Waals surface area (Å²) >= 11 is 4.94. The van der Waals surface area contributed by atoms with Crippen LogP contribution in [0.3, 0.4) is 0 Å². The number of halogens is 1. The average Bonchev–Trinajstić information content (AvgIpc) is 2.79. The lowest BCUT2D eigenvalue weighted by atomic mass is 10.1. The Balaban J connectivity index is 2.19. The third-order valence-corrected chi connectivity index (χ3v) is 3.43. The van der Waals surface area contributed by atoms with Crippen LogP contribution in [-0.2, 0) is 13.2 Å². The number of benzene rings is 1. The first-order valence-corrected chi connectivity index (χ1v) is 6.84. The number of aliphatic hydroxyl groups excluding tert-OH is 1. The fourth-order valence-electron chi connectivity index (χ4n) is 1.58. The van der Waals surface area contributed by atoms with Gasteiger partial charge < -0.3 is 9.84 Å². The molecule has 0 amide bonds. The molecule has 17 heavy (non-hydrogen) atoms. The smallest absolute Gasteiger partial charge is 0.131 e. The van der Waals surface area contributed by atoms with Gasteiger partial charge in [0.25, 0.3) is 0 Å². The maximum absolute atomic E-state index is 9.31. The van der Waals surface area contributed by atoms with Crippen LogP contribution in [0.1, 0.15) is 16.8 Å². The molecule has 1 aromatic heterocycles. The fourth-order valence-corrected chi connectivity index (χ4v) is 2.74. The van der Waals surface area contributed by atoms with Gasteiger partial charge in [-0.3, -0.25) is 0 Å². The second-order valence-electron chi connectivity index (χ2n) is 3.64. The lowest BCUT2D eigenvalue weighted by molar-refractivity contribution is 0.256. The Hall–Kier alpha value is -0.910. The molecule has 2 aromatic rings. The van der Waals surface area contributed by atoms with Crippen LogP contribution in [0, 0.1) is 6.92 Å². The Morgan fingerprint density at radius 1 is 1.47 bits per heavy atom. The predicted molar refractivity (Wildman–Crippen MR) is 71.2 cm³/mol. The van der Waals surface area contributed by atoms with E-state index in [2.05, 4.69) is 20.9 Å². The van der Waals surface area contributed by atoms with Gasteiger partial charge in [0.1, 0.15) is 12.4 Å². The highest BCUT2D eigenvalue weighted by molar-refractivity contribution is 9.10. The Labute approximate surface area is 112 Å². The predicted octanol–water partition coefficient (Wildman–Crippen LogP) is 3.29. The van der Waals surface area contributed by atoms with E-state index in [0.717, 1.165) is 27.0 Å². The van der Waals surface area contributed by atoms with Gasteiger partial charge in [-0.25, -0.2) is 4.98 Å². The first-order chi connectivity index (χ1) is 8.20. The minimum absolute atomic E-state index is 0.0350. The summed E-state index contributed by atoms with van der Waals surface area (Å²) in [6, 6.07) is 3.83. The van der Waals surface area contributed by atoms with E-state index in [4.69, 9.17) is 4.74 Å². The molecule has 3 nitrogen and oxygen atoms in total. The number of hydrogen-bond acceptors (Lipinski definition) is 4. The quantitative estimate of drug-likeness (QED) is 0.942. The molecule has 0 aliphatic rings. The number of nitrogens with zero attached hydrogens (tertiary/aromatic N) is 1. The van der Waals surface area contributed by atoms with Crippen molar-refractivity contribution >= 4 is 27.3 Å². The van der Waals surface area contributed by atoms with Gasteiger partial charge in [-0.15, -0.1) is 11.3 Å². The lowest BCUT2D eigenvalue weighted by Crippen LogP contribution is -2.01. The highest BCUT2D eigenvalue weighted by Gasteiger charge is 2.09. The zero-order chi connectivity index (χ0) is 12.3. The number of ether oxygens (including phenoxy) is 1. The van der Waals surface area contributed by atoms with E-state index in [1.807, 2.05) is 24.4 Å². The zero-order valence-electron chi connectivity index (χ0n) is 9.31. The molecule has 0 aliphatic carbocycles. The van der Waals surface area contributed by atoms with Crippen LogP contribution in [0.25, 0.3) is 0 Å². The van der Waals surface area contributed by atoms with Crippen molar-refractivity contribution in [3.63, 3.8) is 0 Å². The van der Waals surface area contributed by atoms with E-state index in [-0.39, 0.29) is 6.61 Å². The van der Waals surface area contributed by atoms with Crippen molar-refractivity contribution in [3.8, 4) is 5.75 Å². The van der Waals surface area contributed by atoms with Gasteiger partial charge in [-0.2, -0.15) is 0 Å². The second-order valence-corrected chi connectivity index (χ2v) is 5.27. The molecule has 0 atom stereocenters. The molecule has 0 spiro atoms. The molecule has 1 aromatic carbocycles. The molecule has 5 heteroatoms. The molecule has 0 unspecified atom stereocenters. The van der Waals surface area contributed by atoms with E-state index in [1.165, 1.54) is 0 Å². The van der Waals surface area contributed by atoms with Crippen molar-refractivity contribution in [2.24, 2.45) is 0 Å². The number of aryl methyl sites for hydroxylation is 1. The summed E-state index contributed by atoms with van der Waals surface area (Å²) in [6.07, 6.45) is 0. The van der Waals surface area contributed by atoms with Crippen molar-refractivity contribution in [1.29, 1.82) is 0 Å². The van der Waals surface area contributed by atoms with Crippen molar-refractivity contribution in [2.45, 2.75) is 20.1 Å². The first-order valence-electron chi connectivity index (χ1n) is 5.10. The number of aromatic nitrogens is 1. The molecular formula is C12H12BrNO2S. The third kappa shape index (κ3) is 3.06. The number of hydrogen-bond donors (Lipinski definition) is 1. The van der Waals surface area contributed by atoms with Gasteiger partial charge in [0.2, 0.25) is 0 Å². The Morgan fingerprint density at radius 3 is 2.94 bits per heavy atom. The van der Waals surface area contributed by atoms with Crippen molar-refractivity contribution in [3.05, 3.63) is 44.3 Å². The summed E-state index contributed by atoms with van der Waals surface area (Å²) < 4.78 is 6.67. The summed E-state index contributed by atoms with van der Waals surface area (Å²) in [4.78, 5) is 4.16. The molecule has 0 bridgehead atoms. The monoisotopic (exact) mass is 313 g/mol. The van der Waals surface area contributed by atoms with E-state index in [1.54, 1.807) is 16.8 Å². The average molecular weight is 314 g/mol. The third-order valence-electron chi connectivity index (χ3n) is 2.33. The summed E-state index contributed by atoms with van der Waals surface area (Å²) in [6.45, 7) is 2.35. The molecule has 0 aliphatic heterocycles. The summed E-state index contributed by atoms with van der Waals surface area (Å²) in [7, 11) is 0. The van der Waals surface area contributed by atoms with Crippen LogP contribution in [0.5, 0.6) is 5.75 Å².